The van der Waals surface area contributed by atoms with E-state index in [9.17, 15) is 0 Å². The van der Waals surface area contributed by atoms with Crippen LogP contribution in [-0.4, -0.2) is 9.97 Å². The van der Waals surface area contributed by atoms with Crippen molar-refractivity contribution in [1.82, 2.24) is 9.97 Å². The molecule has 0 bridgehead atoms. The molecule has 0 amide bonds. The lowest BCUT2D eigenvalue weighted by molar-refractivity contribution is 0.298. The van der Waals surface area contributed by atoms with Crippen molar-refractivity contribution in [3.8, 4) is 11.4 Å². The van der Waals surface area contributed by atoms with Crippen LogP contribution >= 0.6 is 0 Å². The van der Waals surface area contributed by atoms with Gasteiger partial charge < -0.3 is 0 Å². The minimum atomic E-state index is -0.0842. The Kier molecular flexibility index (Phi) is 11.3. The van der Waals surface area contributed by atoms with Crippen LogP contribution in [0.25, 0.3) is 11.4 Å². The zero-order valence-electron chi connectivity index (χ0n) is 21.1. The van der Waals surface area contributed by atoms with Crippen molar-refractivity contribution in [2.75, 3.05) is 0 Å². The summed E-state index contributed by atoms with van der Waals surface area (Å²) in [5, 5.41) is 0. The lowest BCUT2D eigenvalue weighted by Crippen LogP contribution is -2.14. The molecule has 0 spiro atoms. The van der Waals surface area contributed by atoms with Gasteiger partial charge in [0, 0.05) is 18.0 Å². The molecule has 0 atom stereocenters. The summed E-state index contributed by atoms with van der Waals surface area (Å²) in [5.74, 6) is 1.76. The molecule has 182 valence electrons. The van der Waals surface area contributed by atoms with Crippen molar-refractivity contribution in [1.29, 1.82) is 0 Å². The molecule has 0 aliphatic heterocycles. The smallest absolute Gasteiger partial charge is 0.159 e. The number of benzene rings is 1. The van der Waals surface area contributed by atoms with E-state index in [1.807, 2.05) is 24.5 Å². The quantitative estimate of drug-likeness (QED) is 0.267. The fraction of sp³-hybridized carbons (Fsp3) is 0.667. The molecule has 0 unspecified atom stereocenters. The van der Waals surface area contributed by atoms with E-state index in [1.165, 1.54) is 89.0 Å². The maximum Gasteiger partial charge on any atom is 0.159 e. The average Bonchev–Trinajstić information content (AvgIpc) is 2.85. The summed E-state index contributed by atoms with van der Waals surface area (Å²) in [5.41, 5.74) is 2.85. The number of aryl methyl sites for hydroxylation is 1. The lowest BCUT2D eigenvalue weighted by atomic mass is 9.76. The van der Waals surface area contributed by atoms with Crippen LogP contribution < -0.4 is 0 Å². The molecule has 1 fully saturated rings. The van der Waals surface area contributed by atoms with E-state index in [2.05, 4.69) is 23.8 Å². The van der Waals surface area contributed by atoms with Crippen LogP contribution in [0.15, 0.2) is 30.6 Å². The molecule has 3 heteroatoms. The Labute approximate surface area is 201 Å². The summed E-state index contributed by atoms with van der Waals surface area (Å²) < 4.78 is 15.0. The van der Waals surface area contributed by atoms with Crippen LogP contribution in [0.3, 0.4) is 0 Å². The van der Waals surface area contributed by atoms with Crippen LogP contribution in [0.5, 0.6) is 0 Å². The topological polar surface area (TPSA) is 25.8 Å². The van der Waals surface area contributed by atoms with E-state index in [0.717, 1.165) is 36.3 Å². The van der Waals surface area contributed by atoms with E-state index < -0.39 is 0 Å². The zero-order chi connectivity index (χ0) is 23.3. The minimum absolute atomic E-state index is 0.0842. The molecule has 1 aliphatic carbocycles. The van der Waals surface area contributed by atoms with Crippen LogP contribution in [0.1, 0.15) is 127 Å². The van der Waals surface area contributed by atoms with Crippen molar-refractivity contribution in [2.45, 2.75) is 122 Å². The standard InChI is InChI=1S/C30H45FN2/c1-3-5-7-9-10-12-13-24-15-17-26(18-16-24)28-20-19-27(21-29(28)31)30-32-22-25(23-33-30)14-11-8-6-4-2/h19-24,26H,3-18H2,1-2H3/t24-,26-. The van der Waals surface area contributed by atoms with E-state index in [1.54, 1.807) is 6.07 Å². The van der Waals surface area contributed by atoms with Gasteiger partial charge in [-0.2, -0.15) is 0 Å². The SMILES string of the molecule is CCCCCCCC[C@H]1CC[C@H](c2ccc(-c3ncc(CCCCCC)cn3)cc2F)CC1. The number of halogens is 1. The average molecular weight is 453 g/mol. The van der Waals surface area contributed by atoms with Crippen LogP contribution in [0.4, 0.5) is 4.39 Å². The highest BCUT2D eigenvalue weighted by atomic mass is 19.1. The van der Waals surface area contributed by atoms with Gasteiger partial charge in [0.2, 0.25) is 0 Å². The maximum absolute atomic E-state index is 15.0. The predicted molar refractivity (Wildman–Crippen MR) is 138 cm³/mol. The second-order valence-corrected chi connectivity index (χ2v) is 10.2. The van der Waals surface area contributed by atoms with Crippen LogP contribution in [0.2, 0.25) is 0 Å². The zero-order valence-corrected chi connectivity index (χ0v) is 21.1. The van der Waals surface area contributed by atoms with Crippen molar-refractivity contribution >= 4 is 0 Å². The molecule has 0 N–H and O–H groups in total. The van der Waals surface area contributed by atoms with Crippen molar-refractivity contribution in [2.24, 2.45) is 5.92 Å². The lowest BCUT2D eigenvalue weighted by Gasteiger charge is -2.29. The molecule has 1 aliphatic rings. The van der Waals surface area contributed by atoms with Gasteiger partial charge in [-0.1, -0.05) is 90.2 Å². The predicted octanol–water partition coefficient (Wildman–Crippen LogP) is 9.43. The van der Waals surface area contributed by atoms with Crippen LogP contribution in [-0.2, 0) is 6.42 Å². The summed E-state index contributed by atoms with van der Waals surface area (Å²) in [6.07, 6.45) is 24.2. The number of hydrogen-bond donors (Lipinski definition) is 0. The summed E-state index contributed by atoms with van der Waals surface area (Å²) in [4.78, 5) is 9.03. The Morgan fingerprint density at radius 3 is 2.09 bits per heavy atom. The highest BCUT2D eigenvalue weighted by molar-refractivity contribution is 5.55. The monoisotopic (exact) mass is 452 g/mol. The van der Waals surface area contributed by atoms with Gasteiger partial charge in [0.05, 0.1) is 0 Å². The second kappa shape index (κ2) is 14.5. The number of unbranched alkanes of at least 4 members (excludes halogenated alkanes) is 8. The Balaban J connectivity index is 1.46. The first-order chi connectivity index (χ1) is 16.2. The van der Waals surface area contributed by atoms with Crippen LogP contribution in [0, 0.1) is 11.7 Å². The highest BCUT2D eigenvalue weighted by Gasteiger charge is 2.24. The molecule has 1 aromatic heterocycles. The van der Waals surface area contributed by atoms with Gasteiger partial charge >= 0.3 is 0 Å². The molecule has 1 aromatic carbocycles. The first kappa shape index (κ1) is 25.8. The van der Waals surface area contributed by atoms with Gasteiger partial charge in [-0.05, 0) is 67.6 Å². The number of aromatic nitrogens is 2. The molecule has 1 heterocycles. The summed E-state index contributed by atoms with van der Waals surface area (Å²) in [7, 11) is 0. The molecular formula is C30H45FN2. The Hall–Kier alpha value is -1.77. The fourth-order valence-corrected chi connectivity index (χ4v) is 5.36. The first-order valence-electron chi connectivity index (χ1n) is 13.8. The molecule has 2 nitrogen and oxygen atoms in total. The van der Waals surface area contributed by atoms with Gasteiger partial charge in [-0.25, -0.2) is 14.4 Å². The Morgan fingerprint density at radius 2 is 1.42 bits per heavy atom. The van der Waals surface area contributed by atoms with E-state index >= 15 is 4.39 Å². The third-order valence-corrected chi connectivity index (χ3v) is 7.54. The van der Waals surface area contributed by atoms with Gasteiger partial charge in [0.1, 0.15) is 5.82 Å². The number of rotatable bonds is 14. The minimum Gasteiger partial charge on any atom is -0.236 e. The summed E-state index contributed by atoms with van der Waals surface area (Å²) in [6.45, 7) is 4.50. The Bertz CT molecular complexity index is 793. The number of nitrogens with zero attached hydrogens (tertiary/aromatic N) is 2. The van der Waals surface area contributed by atoms with Crippen molar-refractivity contribution in [3.63, 3.8) is 0 Å². The first-order valence-corrected chi connectivity index (χ1v) is 13.8. The molecule has 1 saturated carbocycles. The normalized spacial score (nSPS) is 18.5. The largest absolute Gasteiger partial charge is 0.236 e. The van der Waals surface area contributed by atoms with E-state index in [-0.39, 0.29) is 5.82 Å². The highest BCUT2D eigenvalue weighted by Crippen LogP contribution is 2.39. The second-order valence-electron chi connectivity index (χ2n) is 10.2. The Morgan fingerprint density at radius 1 is 0.788 bits per heavy atom. The van der Waals surface area contributed by atoms with Crippen molar-refractivity contribution in [3.05, 3.63) is 47.5 Å². The molecule has 3 rings (SSSR count). The third kappa shape index (κ3) is 8.50. The third-order valence-electron chi connectivity index (χ3n) is 7.54. The number of hydrogen-bond acceptors (Lipinski definition) is 2. The van der Waals surface area contributed by atoms with Gasteiger partial charge in [-0.3, -0.25) is 0 Å². The van der Waals surface area contributed by atoms with Crippen molar-refractivity contribution < 1.29 is 4.39 Å². The van der Waals surface area contributed by atoms with Gasteiger partial charge in [0.15, 0.2) is 5.82 Å². The molecule has 0 saturated heterocycles. The molecule has 2 aromatic rings. The van der Waals surface area contributed by atoms with E-state index in [4.69, 9.17) is 0 Å². The summed E-state index contributed by atoms with van der Waals surface area (Å²) >= 11 is 0. The van der Waals surface area contributed by atoms with Gasteiger partial charge in [0.25, 0.3) is 0 Å². The molecule has 0 radical (unpaired) electrons. The molecule has 33 heavy (non-hydrogen) atoms. The molecular weight excluding hydrogens is 407 g/mol. The summed E-state index contributed by atoms with van der Waals surface area (Å²) in [6, 6.07) is 5.65. The van der Waals surface area contributed by atoms with Gasteiger partial charge in [-0.15, -0.1) is 0 Å². The fourth-order valence-electron chi connectivity index (χ4n) is 5.36. The van der Waals surface area contributed by atoms with E-state index in [0.29, 0.717) is 11.7 Å². The maximum atomic E-state index is 15.0.